The van der Waals surface area contributed by atoms with E-state index in [9.17, 15) is 9.59 Å². The van der Waals surface area contributed by atoms with Crippen LogP contribution in [0.4, 0.5) is 5.13 Å². The van der Waals surface area contributed by atoms with Crippen LogP contribution in [0.3, 0.4) is 0 Å². The van der Waals surface area contributed by atoms with E-state index in [0.717, 1.165) is 5.56 Å². The number of nitrogens with zero attached hydrogens (tertiary/aromatic N) is 1. The molecule has 1 atom stereocenters. The molecule has 138 valence electrons. The first-order valence-electron chi connectivity index (χ1n) is 8.04. The average Bonchev–Trinajstić information content (AvgIpc) is 3.17. The van der Waals surface area contributed by atoms with Crippen LogP contribution in [0.2, 0.25) is 0 Å². The number of methoxy groups -OCH3 is 2. The molecular weight excluding hydrogens is 356 g/mol. The molecule has 3 rings (SSSR count). The minimum absolute atomic E-state index is 0.0761. The highest BCUT2D eigenvalue weighted by Gasteiger charge is 2.46. The first kappa shape index (κ1) is 18.2. The Labute approximate surface area is 155 Å². The Hall–Kier alpha value is -2.61. The SMILES string of the molecule is COc1ccc(-c2csc(NC(=O)[C@H]3CC(=O)OC3(C)C)n2)cc1OC. The number of cyclic esters (lactones) is 1. The molecule has 1 amide bonds. The van der Waals surface area contributed by atoms with Crippen LogP contribution in [0.1, 0.15) is 20.3 Å². The lowest BCUT2D eigenvalue weighted by Gasteiger charge is -2.23. The Morgan fingerprint density at radius 1 is 1.31 bits per heavy atom. The van der Waals surface area contributed by atoms with Crippen molar-refractivity contribution in [3.8, 4) is 22.8 Å². The van der Waals surface area contributed by atoms with Crippen molar-refractivity contribution < 1.29 is 23.8 Å². The summed E-state index contributed by atoms with van der Waals surface area (Å²) in [6.45, 7) is 3.47. The minimum atomic E-state index is -0.815. The van der Waals surface area contributed by atoms with Crippen molar-refractivity contribution in [1.29, 1.82) is 0 Å². The molecule has 0 saturated carbocycles. The first-order chi connectivity index (χ1) is 12.3. The van der Waals surface area contributed by atoms with E-state index in [1.807, 2.05) is 17.5 Å². The highest BCUT2D eigenvalue weighted by Crippen LogP contribution is 2.35. The van der Waals surface area contributed by atoms with E-state index in [-0.39, 0.29) is 18.3 Å². The Balaban J connectivity index is 1.76. The van der Waals surface area contributed by atoms with Gasteiger partial charge in [0.15, 0.2) is 16.6 Å². The van der Waals surface area contributed by atoms with Crippen molar-refractivity contribution in [1.82, 2.24) is 4.98 Å². The summed E-state index contributed by atoms with van der Waals surface area (Å²) in [6.07, 6.45) is 0.0761. The van der Waals surface area contributed by atoms with Crippen LogP contribution in [0.25, 0.3) is 11.3 Å². The third-order valence-electron chi connectivity index (χ3n) is 4.32. The molecule has 0 bridgehead atoms. The van der Waals surface area contributed by atoms with Crippen LogP contribution in [0.5, 0.6) is 11.5 Å². The number of thiazole rings is 1. The lowest BCUT2D eigenvalue weighted by atomic mass is 9.90. The first-order valence-corrected chi connectivity index (χ1v) is 8.92. The maximum Gasteiger partial charge on any atom is 0.307 e. The number of hydrogen-bond donors (Lipinski definition) is 1. The van der Waals surface area contributed by atoms with Gasteiger partial charge in [-0.05, 0) is 32.0 Å². The number of amides is 1. The fourth-order valence-corrected chi connectivity index (χ4v) is 3.60. The third kappa shape index (κ3) is 3.50. The summed E-state index contributed by atoms with van der Waals surface area (Å²) >= 11 is 1.31. The quantitative estimate of drug-likeness (QED) is 0.807. The Morgan fingerprint density at radius 3 is 2.65 bits per heavy atom. The number of ether oxygens (including phenoxy) is 3. The maximum atomic E-state index is 12.5. The van der Waals surface area contributed by atoms with Crippen molar-refractivity contribution in [2.75, 3.05) is 19.5 Å². The molecule has 0 aliphatic carbocycles. The Morgan fingerprint density at radius 2 is 2.04 bits per heavy atom. The minimum Gasteiger partial charge on any atom is -0.493 e. The largest absolute Gasteiger partial charge is 0.493 e. The van der Waals surface area contributed by atoms with Gasteiger partial charge in [0, 0.05) is 10.9 Å². The molecule has 2 heterocycles. The van der Waals surface area contributed by atoms with Crippen LogP contribution in [0, 0.1) is 5.92 Å². The zero-order chi connectivity index (χ0) is 18.9. The summed E-state index contributed by atoms with van der Waals surface area (Å²) in [5, 5.41) is 5.09. The number of anilines is 1. The lowest BCUT2D eigenvalue weighted by molar-refractivity contribution is -0.147. The Kier molecular flexibility index (Phi) is 4.86. The van der Waals surface area contributed by atoms with Crippen LogP contribution >= 0.6 is 11.3 Å². The molecule has 1 N–H and O–H groups in total. The van der Waals surface area contributed by atoms with E-state index in [1.165, 1.54) is 11.3 Å². The van der Waals surface area contributed by atoms with Crippen molar-refractivity contribution >= 4 is 28.3 Å². The second-order valence-corrected chi connectivity index (χ2v) is 7.29. The van der Waals surface area contributed by atoms with E-state index in [0.29, 0.717) is 22.3 Å². The highest BCUT2D eigenvalue weighted by atomic mass is 32.1. The van der Waals surface area contributed by atoms with Gasteiger partial charge in [0.2, 0.25) is 5.91 Å². The van der Waals surface area contributed by atoms with Crippen molar-refractivity contribution in [2.45, 2.75) is 25.9 Å². The monoisotopic (exact) mass is 376 g/mol. The van der Waals surface area contributed by atoms with Gasteiger partial charge in [0.25, 0.3) is 0 Å². The lowest BCUT2D eigenvalue weighted by Crippen LogP contribution is -2.36. The molecule has 1 aromatic heterocycles. The number of benzene rings is 1. The van der Waals surface area contributed by atoms with E-state index >= 15 is 0 Å². The summed E-state index contributed by atoms with van der Waals surface area (Å²) in [7, 11) is 3.15. The average molecular weight is 376 g/mol. The topological polar surface area (TPSA) is 86.8 Å². The zero-order valence-electron chi connectivity index (χ0n) is 15.0. The molecule has 7 nitrogen and oxygen atoms in total. The summed E-state index contributed by atoms with van der Waals surface area (Å²) in [4.78, 5) is 28.4. The summed E-state index contributed by atoms with van der Waals surface area (Å²) in [5.41, 5.74) is 0.744. The van der Waals surface area contributed by atoms with Gasteiger partial charge in [0.05, 0.1) is 32.3 Å². The van der Waals surface area contributed by atoms with Gasteiger partial charge in [-0.1, -0.05) is 0 Å². The maximum absolute atomic E-state index is 12.5. The highest BCUT2D eigenvalue weighted by molar-refractivity contribution is 7.14. The van der Waals surface area contributed by atoms with E-state index < -0.39 is 11.5 Å². The number of carbonyl (C=O) groups excluding carboxylic acids is 2. The van der Waals surface area contributed by atoms with E-state index in [4.69, 9.17) is 14.2 Å². The van der Waals surface area contributed by atoms with Gasteiger partial charge in [-0.2, -0.15) is 0 Å². The van der Waals surface area contributed by atoms with Crippen LogP contribution in [-0.2, 0) is 14.3 Å². The molecule has 0 spiro atoms. The fraction of sp³-hybridized carbons (Fsp3) is 0.389. The number of aromatic nitrogens is 1. The van der Waals surface area contributed by atoms with Gasteiger partial charge < -0.3 is 19.5 Å². The predicted molar refractivity (Wildman–Crippen MR) is 97.6 cm³/mol. The standard InChI is InChI=1S/C18H20N2O5S/c1-18(2)11(8-15(21)25-18)16(22)20-17-19-12(9-26-17)10-5-6-13(23-3)14(7-10)24-4/h5-7,9,11H,8H2,1-4H3,(H,19,20,22)/t11-/m1/s1. The molecule has 1 aromatic carbocycles. The van der Waals surface area contributed by atoms with Gasteiger partial charge in [0.1, 0.15) is 5.60 Å². The second kappa shape index (κ2) is 6.95. The molecule has 0 radical (unpaired) electrons. The molecule has 1 fully saturated rings. The van der Waals surface area contributed by atoms with Gasteiger partial charge in [-0.25, -0.2) is 4.98 Å². The van der Waals surface area contributed by atoms with Crippen LogP contribution < -0.4 is 14.8 Å². The van der Waals surface area contributed by atoms with Crippen molar-refractivity contribution in [3.63, 3.8) is 0 Å². The predicted octanol–water partition coefficient (Wildman–Crippen LogP) is 3.11. The number of esters is 1. The van der Waals surface area contributed by atoms with Gasteiger partial charge >= 0.3 is 5.97 Å². The van der Waals surface area contributed by atoms with Crippen molar-refractivity contribution in [2.24, 2.45) is 5.92 Å². The van der Waals surface area contributed by atoms with Crippen molar-refractivity contribution in [3.05, 3.63) is 23.6 Å². The number of carbonyl (C=O) groups is 2. The summed E-state index contributed by atoms with van der Waals surface area (Å²) < 4.78 is 15.7. The molecule has 0 unspecified atom stereocenters. The van der Waals surface area contributed by atoms with E-state index in [2.05, 4.69) is 10.3 Å². The summed E-state index contributed by atoms with van der Waals surface area (Å²) in [5.74, 6) is 0.0675. The molecular formula is C18H20N2O5S. The number of hydrogen-bond acceptors (Lipinski definition) is 7. The molecule has 2 aromatic rings. The van der Waals surface area contributed by atoms with Crippen LogP contribution in [0.15, 0.2) is 23.6 Å². The molecule has 1 aliphatic rings. The molecule has 8 heteroatoms. The summed E-state index contributed by atoms with van der Waals surface area (Å²) in [6, 6.07) is 5.50. The van der Waals surface area contributed by atoms with E-state index in [1.54, 1.807) is 34.1 Å². The smallest absolute Gasteiger partial charge is 0.307 e. The van der Waals surface area contributed by atoms with Gasteiger partial charge in [-0.3, -0.25) is 9.59 Å². The number of nitrogens with one attached hydrogen (secondary N) is 1. The molecule has 1 aliphatic heterocycles. The second-order valence-electron chi connectivity index (χ2n) is 6.43. The van der Waals surface area contributed by atoms with Gasteiger partial charge in [-0.15, -0.1) is 11.3 Å². The van der Waals surface area contributed by atoms with Crippen LogP contribution in [-0.4, -0.2) is 36.7 Å². The molecule has 1 saturated heterocycles. The normalized spacial score (nSPS) is 18.3. The molecule has 26 heavy (non-hydrogen) atoms. The zero-order valence-corrected chi connectivity index (χ0v) is 15.8. The Bertz CT molecular complexity index is 846. The fourth-order valence-electron chi connectivity index (χ4n) is 2.88. The third-order valence-corrected chi connectivity index (χ3v) is 5.07. The number of rotatable bonds is 5.